The van der Waals surface area contributed by atoms with E-state index in [-0.39, 0.29) is 50.8 Å². The molecule has 3 aliphatic carbocycles. The highest BCUT2D eigenvalue weighted by Crippen LogP contribution is 2.72. The van der Waals surface area contributed by atoms with E-state index in [1.165, 1.54) is 20.8 Å². The number of carbonyl (C=O) groups is 3. The minimum Gasteiger partial charge on any atom is -0.485 e. The van der Waals surface area contributed by atoms with Crippen molar-refractivity contribution in [1.29, 1.82) is 0 Å². The molecule has 1 aliphatic heterocycles. The number of carbonyl (C=O) groups excluding carboxylic acids is 3. The van der Waals surface area contributed by atoms with Crippen molar-refractivity contribution < 1.29 is 33.3 Å². The van der Waals surface area contributed by atoms with Gasteiger partial charge >= 0.3 is 17.9 Å². The van der Waals surface area contributed by atoms with Crippen LogP contribution in [0.15, 0.2) is 0 Å². The molecule has 0 bridgehead atoms. The van der Waals surface area contributed by atoms with Gasteiger partial charge in [-0.05, 0) is 68.6 Å². The fraction of sp³-hybridized carbons (Fsp3) is 0.727. The van der Waals surface area contributed by atoms with Gasteiger partial charge in [0.25, 0.3) is 0 Å². The van der Waals surface area contributed by atoms with Gasteiger partial charge in [-0.25, -0.2) is 0 Å². The van der Waals surface area contributed by atoms with Crippen LogP contribution in [0.5, 0.6) is 17.2 Å². The van der Waals surface area contributed by atoms with Crippen LogP contribution in [0.4, 0.5) is 0 Å². The number of rotatable bonds is 3. The zero-order valence-electron chi connectivity index (χ0n) is 26.0. The minimum atomic E-state index is -0.541. The number of halogens is 1. The summed E-state index contributed by atoms with van der Waals surface area (Å²) in [6, 6.07) is 0. The van der Waals surface area contributed by atoms with Crippen LogP contribution in [0, 0.1) is 40.9 Å². The van der Waals surface area contributed by atoms with Gasteiger partial charge in [-0.15, -0.1) is 0 Å². The van der Waals surface area contributed by atoms with Gasteiger partial charge in [0.2, 0.25) is 0 Å². The van der Waals surface area contributed by atoms with E-state index in [2.05, 4.69) is 34.6 Å². The van der Waals surface area contributed by atoms with Gasteiger partial charge in [-0.2, -0.15) is 0 Å². The van der Waals surface area contributed by atoms with Gasteiger partial charge in [0.05, 0.1) is 5.02 Å². The second-order valence-electron chi connectivity index (χ2n) is 14.3. The van der Waals surface area contributed by atoms with Crippen LogP contribution >= 0.6 is 11.6 Å². The largest absolute Gasteiger partial charge is 0.485 e. The van der Waals surface area contributed by atoms with Crippen LogP contribution in [0.2, 0.25) is 5.02 Å². The summed E-state index contributed by atoms with van der Waals surface area (Å²) in [7, 11) is 0. The van der Waals surface area contributed by atoms with Gasteiger partial charge in [0, 0.05) is 49.1 Å². The normalized spacial score (nSPS) is 36.8. The Labute approximate surface area is 249 Å². The van der Waals surface area contributed by atoms with Gasteiger partial charge in [-0.3, -0.25) is 14.4 Å². The molecule has 1 aromatic carbocycles. The van der Waals surface area contributed by atoms with Crippen LogP contribution in [0.3, 0.4) is 0 Å². The topological polar surface area (TPSA) is 88.1 Å². The van der Waals surface area contributed by atoms with E-state index in [4.69, 9.17) is 30.5 Å². The van der Waals surface area contributed by atoms with E-state index >= 15 is 0 Å². The quantitative estimate of drug-likeness (QED) is 0.268. The van der Waals surface area contributed by atoms with Gasteiger partial charge in [0.15, 0.2) is 11.5 Å². The molecule has 4 aliphatic rings. The Hall–Kier alpha value is -2.28. The lowest BCUT2D eigenvalue weighted by atomic mass is 9.37. The Morgan fingerprint density at radius 2 is 1.49 bits per heavy atom. The lowest BCUT2D eigenvalue weighted by Gasteiger charge is -2.69. The van der Waals surface area contributed by atoms with Gasteiger partial charge in [-0.1, -0.05) is 46.2 Å². The molecule has 0 aromatic heterocycles. The Kier molecular flexibility index (Phi) is 7.28. The summed E-state index contributed by atoms with van der Waals surface area (Å²) in [6.45, 7) is 17.7. The highest BCUT2D eigenvalue weighted by Gasteiger charge is 2.70. The molecule has 1 spiro atoms. The fourth-order valence-electron chi connectivity index (χ4n) is 10.0. The Morgan fingerprint density at radius 1 is 0.854 bits per heavy atom. The van der Waals surface area contributed by atoms with Crippen molar-refractivity contribution >= 4 is 29.5 Å². The lowest BCUT2D eigenvalue weighted by molar-refractivity contribution is -0.241. The zero-order valence-corrected chi connectivity index (χ0v) is 26.8. The predicted molar refractivity (Wildman–Crippen MR) is 155 cm³/mol. The number of esters is 3. The van der Waals surface area contributed by atoms with Crippen LogP contribution in [0.25, 0.3) is 0 Å². The predicted octanol–water partition coefficient (Wildman–Crippen LogP) is 7.39. The first kappa shape index (κ1) is 30.2. The van der Waals surface area contributed by atoms with Crippen molar-refractivity contribution in [3.05, 3.63) is 16.1 Å². The molecule has 5 rings (SSSR count). The summed E-state index contributed by atoms with van der Waals surface area (Å²) >= 11 is 6.76. The summed E-state index contributed by atoms with van der Waals surface area (Å²) in [4.78, 5) is 36.2. The first-order valence-electron chi connectivity index (χ1n) is 15.1. The number of hydrogen-bond acceptors (Lipinski definition) is 7. The van der Waals surface area contributed by atoms with Gasteiger partial charge < -0.3 is 18.9 Å². The molecule has 226 valence electrons. The molecule has 7 unspecified atom stereocenters. The summed E-state index contributed by atoms with van der Waals surface area (Å²) in [6.07, 6.45) is 6.42. The third-order valence-electron chi connectivity index (χ3n) is 11.8. The highest BCUT2D eigenvalue weighted by molar-refractivity contribution is 6.33. The lowest BCUT2D eigenvalue weighted by Crippen LogP contribution is -2.68. The van der Waals surface area contributed by atoms with E-state index in [9.17, 15) is 14.4 Å². The molecule has 8 heteroatoms. The molecule has 7 atom stereocenters. The van der Waals surface area contributed by atoms with Crippen molar-refractivity contribution in [1.82, 2.24) is 0 Å². The first-order valence-corrected chi connectivity index (χ1v) is 15.5. The maximum absolute atomic E-state index is 12.2. The zero-order chi connectivity index (χ0) is 30.3. The average Bonchev–Trinajstić information content (AvgIpc) is 3.27. The van der Waals surface area contributed by atoms with Crippen LogP contribution in [0.1, 0.15) is 105 Å². The molecule has 3 saturated carbocycles. The fourth-order valence-corrected chi connectivity index (χ4v) is 10.2. The number of fused-ring (bicyclic) bond motifs is 5. The van der Waals surface area contributed by atoms with E-state index < -0.39 is 17.5 Å². The summed E-state index contributed by atoms with van der Waals surface area (Å²) < 4.78 is 24.3. The van der Waals surface area contributed by atoms with Crippen LogP contribution in [-0.2, 0) is 25.5 Å². The van der Waals surface area contributed by atoms with Crippen molar-refractivity contribution in [3.63, 3.8) is 0 Å². The second kappa shape index (κ2) is 9.89. The summed E-state index contributed by atoms with van der Waals surface area (Å²) in [5.41, 5.74) is 0.632. The third-order valence-corrected chi connectivity index (χ3v) is 12.2. The van der Waals surface area contributed by atoms with Crippen molar-refractivity contribution in [2.45, 2.75) is 119 Å². The molecule has 41 heavy (non-hydrogen) atoms. The molecular weight excluding hydrogens is 544 g/mol. The van der Waals surface area contributed by atoms with Crippen LogP contribution in [-0.4, -0.2) is 29.6 Å². The standard InChI is InChI=1S/C33H45ClO7/c1-17-10-11-24-31(8)14-13-25(38-19(3)35)30(6,7)23(31)12-15-32(24,9)33(17)16-22-27(41-33)18(2)26(34)29(40-21(5)37)28(22)39-20(4)36/h17,23-25H,10-16H2,1-9H3. The third kappa shape index (κ3) is 4.31. The molecule has 1 aromatic rings. The number of benzene rings is 1. The van der Waals surface area contributed by atoms with E-state index in [0.29, 0.717) is 29.6 Å². The SMILES string of the molecule is CC(=O)Oc1c(Cl)c(C)c2c(c1OC(C)=O)CC1(O2)C(C)CCC2C3(C)CCC(OC(C)=O)C(C)(C)C3CCC21C. The summed E-state index contributed by atoms with van der Waals surface area (Å²) in [5, 5.41) is 0.221. The second-order valence-corrected chi connectivity index (χ2v) is 14.6. The molecule has 0 saturated heterocycles. The molecule has 0 N–H and O–H groups in total. The molecule has 7 nitrogen and oxygen atoms in total. The first-order chi connectivity index (χ1) is 19.0. The molecule has 1 heterocycles. The Bertz CT molecular complexity index is 1300. The van der Waals surface area contributed by atoms with E-state index in [1.807, 2.05) is 6.92 Å². The smallest absolute Gasteiger partial charge is 0.308 e. The maximum Gasteiger partial charge on any atom is 0.308 e. The Morgan fingerprint density at radius 3 is 2.10 bits per heavy atom. The highest BCUT2D eigenvalue weighted by atomic mass is 35.5. The Balaban J connectivity index is 1.60. The van der Waals surface area contributed by atoms with E-state index in [1.54, 1.807) is 0 Å². The maximum atomic E-state index is 12.2. The monoisotopic (exact) mass is 588 g/mol. The number of hydrogen-bond donors (Lipinski definition) is 0. The molecule has 0 radical (unpaired) electrons. The van der Waals surface area contributed by atoms with E-state index in [0.717, 1.165) is 44.1 Å². The van der Waals surface area contributed by atoms with Crippen molar-refractivity contribution in [2.75, 3.05) is 0 Å². The van der Waals surface area contributed by atoms with Crippen molar-refractivity contribution in [3.8, 4) is 17.2 Å². The molecule has 0 amide bonds. The number of ether oxygens (including phenoxy) is 4. The summed E-state index contributed by atoms with van der Waals surface area (Å²) in [5.74, 6) is 0.687. The van der Waals surface area contributed by atoms with Crippen LogP contribution < -0.4 is 14.2 Å². The van der Waals surface area contributed by atoms with Gasteiger partial charge in [0.1, 0.15) is 17.5 Å². The molecule has 3 fully saturated rings. The average molecular weight is 589 g/mol. The minimum absolute atomic E-state index is 0.0483. The molecular formula is C33H45ClO7. The van der Waals surface area contributed by atoms with Crippen molar-refractivity contribution in [2.24, 2.45) is 34.0 Å².